The van der Waals surface area contributed by atoms with Crippen LogP contribution in [-0.2, 0) is 17.7 Å². The maximum Gasteiger partial charge on any atom is 0.414 e. The number of methoxy groups -OCH3 is 1. The lowest BCUT2D eigenvalue weighted by Crippen LogP contribution is -2.42. The molecule has 2 aromatic rings. The predicted molar refractivity (Wildman–Crippen MR) is 124 cm³/mol. The molecule has 2 aliphatic rings. The van der Waals surface area contributed by atoms with Crippen LogP contribution in [0, 0.1) is 5.92 Å². The Labute approximate surface area is 190 Å². The minimum absolute atomic E-state index is 0.0676. The van der Waals surface area contributed by atoms with Gasteiger partial charge in [-0.3, -0.25) is 9.58 Å². The Hall–Kier alpha value is -2.54. The van der Waals surface area contributed by atoms with Crippen LogP contribution in [-0.4, -0.2) is 46.3 Å². The summed E-state index contributed by atoms with van der Waals surface area (Å²) in [6, 6.07) is 4.08. The van der Waals surface area contributed by atoms with Crippen LogP contribution in [0.25, 0.3) is 11.1 Å². The van der Waals surface area contributed by atoms with E-state index in [4.69, 9.17) is 9.47 Å². The van der Waals surface area contributed by atoms with Crippen LogP contribution in [0.5, 0.6) is 5.75 Å². The highest BCUT2D eigenvalue weighted by Crippen LogP contribution is 2.43. The minimum atomic E-state index is -0.849. The average molecular weight is 442 g/mol. The van der Waals surface area contributed by atoms with Gasteiger partial charge in [-0.2, -0.15) is 5.10 Å². The molecule has 1 atom stereocenters. The van der Waals surface area contributed by atoms with E-state index in [0.717, 1.165) is 41.0 Å². The van der Waals surface area contributed by atoms with E-state index < -0.39 is 5.60 Å². The van der Waals surface area contributed by atoms with E-state index >= 15 is 0 Å². The lowest BCUT2D eigenvalue weighted by Gasteiger charge is -2.35. The average Bonchev–Trinajstić information content (AvgIpc) is 3.42. The molecule has 32 heavy (non-hydrogen) atoms. The highest BCUT2D eigenvalue weighted by atomic mass is 16.5. The summed E-state index contributed by atoms with van der Waals surface area (Å²) >= 11 is 0. The molecular formula is C25H35N3O4. The fourth-order valence-electron chi connectivity index (χ4n) is 4.94. The maximum absolute atomic E-state index is 12.5. The molecule has 1 unspecified atom stereocenters. The molecule has 1 aliphatic carbocycles. The molecule has 0 radical (unpaired) electrons. The summed E-state index contributed by atoms with van der Waals surface area (Å²) in [5, 5.41) is 14.6. The predicted octanol–water partition coefficient (Wildman–Crippen LogP) is 4.80. The number of aromatic nitrogens is 2. The number of carbonyl (C=O) groups is 1. The number of carbonyl (C=O) groups excluding carboxylic acids is 1. The quantitative estimate of drug-likeness (QED) is 0.697. The molecule has 1 fully saturated rings. The normalized spacial score (nSPS) is 19.2. The molecule has 174 valence electrons. The summed E-state index contributed by atoms with van der Waals surface area (Å²) < 4.78 is 13.3. The van der Waals surface area contributed by atoms with Crippen LogP contribution in [0.1, 0.15) is 58.4 Å². The van der Waals surface area contributed by atoms with E-state index in [1.807, 2.05) is 31.5 Å². The molecule has 1 N–H and O–H groups in total. The molecule has 1 aliphatic heterocycles. The molecule has 4 rings (SSSR count). The molecule has 0 bridgehead atoms. The van der Waals surface area contributed by atoms with Crippen LogP contribution in [0.15, 0.2) is 24.5 Å². The maximum atomic E-state index is 12.5. The van der Waals surface area contributed by atoms with Crippen molar-refractivity contribution in [1.82, 2.24) is 9.78 Å². The molecule has 1 saturated carbocycles. The summed E-state index contributed by atoms with van der Waals surface area (Å²) in [6.07, 6.45) is 10.1. The fraction of sp³-hybridized carbons (Fsp3) is 0.600. The van der Waals surface area contributed by atoms with E-state index in [-0.39, 0.29) is 12.1 Å². The number of hydrogen-bond acceptors (Lipinski definition) is 5. The van der Waals surface area contributed by atoms with Gasteiger partial charge in [0.15, 0.2) is 0 Å². The van der Waals surface area contributed by atoms with Crippen molar-refractivity contribution in [3.8, 4) is 16.9 Å². The van der Waals surface area contributed by atoms with Gasteiger partial charge in [-0.05, 0) is 64.5 Å². The summed E-state index contributed by atoms with van der Waals surface area (Å²) in [5.41, 5.74) is 2.99. The smallest absolute Gasteiger partial charge is 0.414 e. The van der Waals surface area contributed by atoms with Crippen molar-refractivity contribution in [2.75, 3.05) is 18.6 Å². The monoisotopic (exact) mass is 441 g/mol. The van der Waals surface area contributed by atoms with Gasteiger partial charge >= 0.3 is 6.09 Å². The number of nitrogens with zero attached hydrogens (tertiary/aromatic N) is 3. The van der Waals surface area contributed by atoms with E-state index in [0.29, 0.717) is 19.1 Å². The van der Waals surface area contributed by atoms with Crippen molar-refractivity contribution in [2.24, 2.45) is 5.92 Å². The lowest BCUT2D eigenvalue weighted by atomic mass is 9.92. The Bertz CT molecular complexity index is 957. The molecular weight excluding hydrogens is 406 g/mol. The first-order chi connectivity index (χ1) is 15.3. The zero-order valence-electron chi connectivity index (χ0n) is 19.6. The topological polar surface area (TPSA) is 76.8 Å². The third kappa shape index (κ3) is 4.77. The summed E-state index contributed by atoms with van der Waals surface area (Å²) in [4.78, 5) is 14.3. The van der Waals surface area contributed by atoms with E-state index in [2.05, 4.69) is 5.10 Å². The molecule has 7 nitrogen and oxygen atoms in total. The fourth-order valence-corrected chi connectivity index (χ4v) is 4.94. The number of amides is 1. The van der Waals surface area contributed by atoms with Crippen molar-refractivity contribution in [2.45, 2.75) is 77.5 Å². The summed E-state index contributed by atoms with van der Waals surface area (Å²) in [7, 11) is 1.42. The second kappa shape index (κ2) is 9.14. The van der Waals surface area contributed by atoms with Gasteiger partial charge in [-0.25, -0.2) is 4.79 Å². The van der Waals surface area contributed by atoms with Crippen molar-refractivity contribution in [3.63, 3.8) is 0 Å². The third-order valence-electron chi connectivity index (χ3n) is 6.55. The lowest BCUT2D eigenvalue weighted by molar-refractivity contribution is 0.0577. The van der Waals surface area contributed by atoms with Crippen LogP contribution in [0.3, 0.4) is 0 Å². The molecule has 1 amide bonds. The number of anilines is 1. The van der Waals surface area contributed by atoms with Crippen LogP contribution in [0.4, 0.5) is 10.5 Å². The van der Waals surface area contributed by atoms with Gasteiger partial charge in [0.1, 0.15) is 5.75 Å². The van der Waals surface area contributed by atoms with Gasteiger partial charge in [-0.15, -0.1) is 0 Å². The van der Waals surface area contributed by atoms with E-state index in [1.54, 1.807) is 23.4 Å². The second-order valence-electron chi connectivity index (χ2n) is 9.87. The molecule has 1 aromatic carbocycles. The van der Waals surface area contributed by atoms with E-state index in [9.17, 15) is 9.90 Å². The Kier molecular flexibility index (Phi) is 6.47. The van der Waals surface area contributed by atoms with Crippen molar-refractivity contribution >= 4 is 11.8 Å². The Morgan fingerprint density at radius 2 is 2.00 bits per heavy atom. The second-order valence-corrected chi connectivity index (χ2v) is 9.87. The van der Waals surface area contributed by atoms with Gasteiger partial charge in [0.2, 0.25) is 0 Å². The summed E-state index contributed by atoms with van der Waals surface area (Å²) in [6.45, 7) is 6.68. The minimum Gasteiger partial charge on any atom is -0.492 e. The standard InChI is InChI=1S/C25H35N3O4/c1-17-9-10-21-22(28(17)24(29)31-4)12-11-20(23(21)32-15-18-7-5-6-8-18)19-13-26-27(14-19)16-25(2,3)30/h11-14,17-18,30H,5-10,15-16H2,1-4H3. The first kappa shape index (κ1) is 22.6. The SMILES string of the molecule is COC(=O)N1c2ccc(-c3cnn(CC(C)(C)O)c3)c(OCC3CCCC3)c2CCC1C. The number of fused-ring (bicyclic) bond motifs is 1. The van der Waals surface area contributed by atoms with Gasteiger partial charge < -0.3 is 14.6 Å². The number of benzene rings is 1. The van der Waals surface area contributed by atoms with Crippen LogP contribution < -0.4 is 9.64 Å². The highest BCUT2D eigenvalue weighted by molar-refractivity contribution is 5.92. The zero-order chi connectivity index (χ0) is 22.9. The van der Waals surface area contributed by atoms with Crippen molar-refractivity contribution in [3.05, 3.63) is 30.1 Å². The third-order valence-corrected chi connectivity index (χ3v) is 6.55. The van der Waals surface area contributed by atoms with E-state index in [1.165, 1.54) is 32.8 Å². The Morgan fingerprint density at radius 1 is 1.25 bits per heavy atom. The number of aliphatic hydroxyl groups is 1. The van der Waals surface area contributed by atoms with Crippen molar-refractivity contribution in [1.29, 1.82) is 0 Å². The van der Waals surface area contributed by atoms with Gasteiger partial charge in [0.25, 0.3) is 0 Å². The Morgan fingerprint density at radius 3 is 2.69 bits per heavy atom. The molecule has 0 saturated heterocycles. The molecule has 0 spiro atoms. The van der Waals surface area contributed by atoms with Crippen LogP contribution >= 0.6 is 0 Å². The molecule has 7 heteroatoms. The first-order valence-electron chi connectivity index (χ1n) is 11.7. The number of ether oxygens (including phenoxy) is 2. The summed E-state index contributed by atoms with van der Waals surface area (Å²) in [5.74, 6) is 1.42. The van der Waals surface area contributed by atoms with Gasteiger partial charge in [-0.1, -0.05) is 12.8 Å². The molecule has 1 aromatic heterocycles. The van der Waals surface area contributed by atoms with Crippen LogP contribution in [0.2, 0.25) is 0 Å². The Balaban J connectivity index is 1.73. The van der Waals surface area contributed by atoms with Gasteiger partial charge in [0.05, 0.1) is 37.7 Å². The number of hydrogen-bond donors (Lipinski definition) is 1. The van der Waals surface area contributed by atoms with Crippen molar-refractivity contribution < 1.29 is 19.4 Å². The zero-order valence-corrected chi connectivity index (χ0v) is 19.6. The first-order valence-corrected chi connectivity index (χ1v) is 11.7. The molecule has 2 heterocycles. The highest BCUT2D eigenvalue weighted by Gasteiger charge is 2.32. The van der Waals surface area contributed by atoms with Gasteiger partial charge in [0, 0.05) is 28.9 Å². The largest absolute Gasteiger partial charge is 0.492 e. The number of rotatable bonds is 6.